The number of phenols is 1. The number of aromatic hydroxyl groups is 1. The number of carbonyl (C=O) groups excluding carboxylic acids is 1. The Labute approximate surface area is 242 Å². The highest BCUT2D eigenvalue weighted by molar-refractivity contribution is 6.04. The number of amides is 1. The normalized spacial score (nSPS) is 24.8. The molecule has 3 aromatic carbocycles. The molecule has 4 fully saturated rings. The van der Waals surface area contributed by atoms with Gasteiger partial charge < -0.3 is 24.6 Å². The molecule has 1 unspecified atom stereocenters. The molecule has 0 spiro atoms. The average Bonchev–Trinajstić information content (AvgIpc) is 2.96. The Hall–Kier alpha value is -3.79. The molecule has 4 saturated carbocycles. The van der Waals surface area contributed by atoms with Crippen LogP contribution in [0.25, 0.3) is 0 Å². The van der Waals surface area contributed by atoms with E-state index in [-0.39, 0.29) is 30.2 Å². The number of carbonyl (C=O) groups is 1. The number of ether oxygens (including phenoxy) is 3. The monoisotopic (exact) mass is 551 g/mol. The molecule has 0 radical (unpaired) electrons. The lowest BCUT2D eigenvalue weighted by atomic mass is 9.48. The Morgan fingerprint density at radius 3 is 2.17 bits per heavy atom. The van der Waals surface area contributed by atoms with Crippen molar-refractivity contribution < 1.29 is 24.1 Å². The van der Waals surface area contributed by atoms with Crippen molar-refractivity contribution in [3.05, 3.63) is 89.0 Å². The fraction of sp³-hybridized carbons (Fsp3) is 0.400. The highest BCUT2D eigenvalue weighted by atomic mass is 16.7. The van der Waals surface area contributed by atoms with Crippen LogP contribution in [0.2, 0.25) is 0 Å². The number of anilines is 1. The van der Waals surface area contributed by atoms with Crippen LogP contribution in [0.1, 0.15) is 72.5 Å². The summed E-state index contributed by atoms with van der Waals surface area (Å²) in [4.78, 5) is 12.6. The SMILES string of the molecule is COC(C)OCOc1cc(C#Cc2ccc(C(=O)Nc3ccc(O)cc3)cc2)ccc1C12CC3CC(CC(C3)C1)C2. The van der Waals surface area contributed by atoms with Gasteiger partial charge in [0, 0.05) is 35.1 Å². The Bertz CT molecular complexity index is 1420. The van der Waals surface area contributed by atoms with Gasteiger partial charge in [-0.2, -0.15) is 0 Å². The maximum absolute atomic E-state index is 12.6. The summed E-state index contributed by atoms with van der Waals surface area (Å²) in [6, 6.07) is 20.0. The van der Waals surface area contributed by atoms with Crippen molar-refractivity contribution in [3.63, 3.8) is 0 Å². The van der Waals surface area contributed by atoms with Crippen molar-refractivity contribution in [1.29, 1.82) is 0 Å². The topological polar surface area (TPSA) is 77.0 Å². The van der Waals surface area contributed by atoms with Crippen LogP contribution in [0, 0.1) is 29.6 Å². The maximum atomic E-state index is 12.6. The first-order valence-corrected chi connectivity index (χ1v) is 14.5. The van der Waals surface area contributed by atoms with Gasteiger partial charge in [-0.05, 0) is 129 Å². The van der Waals surface area contributed by atoms with Crippen molar-refractivity contribution >= 4 is 11.6 Å². The zero-order valence-corrected chi connectivity index (χ0v) is 23.7. The minimum absolute atomic E-state index is 0.124. The van der Waals surface area contributed by atoms with Gasteiger partial charge in [0.2, 0.25) is 0 Å². The van der Waals surface area contributed by atoms with E-state index in [2.05, 4.69) is 35.4 Å². The number of hydrogen-bond donors (Lipinski definition) is 2. The van der Waals surface area contributed by atoms with E-state index in [1.54, 1.807) is 31.4 Å². The molecule has 4 aliphatic rings. The van der Waals surface area contributed by atoms with Gasteiger partial charge in [-0.3, -0.25) is 4.79 Å². The van der Waals surface area contributed by atoms with E-state index in [9.17, 15) is 9.90 Å². The molecule has 0 saturated heterocycles. The summed E-state index contributed by atoms with van der Waals surface area (Å²) in [7, 11) is 1.62. The van der Waals surface area contributed by atoms with Crippen LogP contribution in [0.3, 0.4) is 0 Å². The zero-order chi connectivity index (χ0) is 28.4. The Kier molecular flexibility index (Phi) is 7.75. The summed E-state index contributed by atoms with van der Waals surface area (Å²) in [5.41, 5.74) is 4.34. The zero-order valence-electron chi connectivity index (χ0n) is 23.7. The second-order valence-corrected chi connectivity index (χ2v) is 12.0. The highest BCUT2D eigenvalue weighted by Crippen LogP contribution is 2.61. The molecule has 4 bridgehead atoms. The van der Waals surface area contributed by atoms with E-state index in [0.29, 0.717) is 11.3 Å². The lowest BCUT2D eigenvalue weighted by molar-refractivity contribution is -0.150. The van der Waals surface area contributed by atoms with Crippen LogP contribution in [0.4, 0.5) is 5.69 Å². The Morgan fingerprint density at radius 2 is 1.54 bits per heavy atom. The fourth-order valence-electron chi connectivity index (χ4n) is 7.46. The number of methoxy groups -OCH3 is 1. The molecule has 6 nitrogen and oxygen atoms in total. The third-order valence-corrected chi connectivity index (χ3v) is 9.06. The molecular weight excluding hydrogens is 514 g/mol. The average molecular weight is 552 g/mol. The number of rotatable bonds is 8. The first-order valence-electron chi connectivity index (χ1n) is 14.5. The van der Waals surface area contributed by atoms with Crippen LogP contribution in [-0.2, 0) is 14.9 Å². The smallest absolute Gasteiger partial charge is 0.255 e. The first-order chi connectivity index (χ1) is 19.9. The maximum Gasteiger partial charge on any atom is 0.255 e. The van der Waals surface area contributed by atoms with E-state index < -0.39 is 0 Å². The largest absolute Gasteiger partial charge is 0.508 e. The van der Waals surface area contributed by atoms with Crippen LogP contribution < -0.4 is 10.1 Å². The third kappa shape index (κ3) is 6.12. The van der Waals surface area contributed by atoms with Gasteiger partial charge >= 0.3 is 0 Å². The molecule has 0 heterocycles. The standard InChI is InChI=1S/C35H37NO5/c1-23(39-2)40-22-41-33-18-25(7-14-32(33)35-19-26-15-27(20-35)17-28(16-26)21-35)4-3-24-5-8-29(9-6-24)34(38)36-30-10-12-31(37)13-11-30/h5-14,18,23,26-28,37H,15-17,19-22H2,1-2H3,(H,36,38). The summed E-state index contributed by atoms with van der Waals surface area (Å²) in [5.74, 6) is 9.83. The van der Waals surface area contributed by atoms with Crippen LogP contribution in [0.15, 0.2) is 66.7 Å². The van der Waals surface area contributed by atoms with Crippen molar-refractivity contribution in [3.8, 4) is 23.3 Å². The summed E-state index contributed by atoms with van der Waals surface area (Å²) in [5, 5.41) is 12.3. The minimum atomic E-state index is -0.341. The highest BCUT2D eigenvalue weighted by Gasteiger charge is 2.52. The van der Waals surface area contributed by atoms with Crippen LogP contribution in [-0.4, -0.2) is 31.2 Å². The van der Waals surface area contributed by atoms with Gasteiger partial charge in [-0.15, -0.1) is 0 Å². The lowest BCUT2D eigenvalue weighted by Gasteiger charge is -2.57. The molecule has 1 amide bonds. The van der Waals surface area contributed by atoms with Crippen LogP contribution >= 0.6 is 0 Å². The van der Waals surface area contributed by atoms with Gasteiger partial charge in [0.1, 0.15) is 11.5 Å². The summed E-state index contributed by atoms with van der Waals surface area (Å²) in [6.07, 6.45) is 7.60. The molecule has 1 atom stereocenters. The minimum Gasteiger partial charge on any atom is -0.508 e. The quantitative estimate of drug-likeness (QED) is 0.182. The molecule has 6 heteroatoms. The first kappa shape index (κ1) is 27.4. The summed E-state index contributed by atoms with van der Waals surface area (Å²) < 4.78 is 17.2. The van der Waals surface area contributed by atoms with E-state index in [1.165, 1.54) is 56.2 Å². The fourth-order valence-corrected chi connectivity index (χ4v) is 7.46. The Balaban J connectivity index is 1.20. The van der Waals surface area contributed by atoms with E-state index in [4.69, 9.17) is 14.2 Å². The molecular formula is C35H37NO5. The predicted octanol–water partition coefficient (Wildman–Crippen LogP) is 6.86. The predicted molar refractivity (Wildman–Crippen MR) is 158 cm³/mol. The summed E-state index contributed by atoms with van der Waals surface area (Å²) >= 11 is 0. The molecule has 2 N–H and O–H groups in total. The van der Waals surface area contributed by atoms with Crippen molar-refractivity contribution in [1.82, 2.24) is 0 Å². The van der Waals surface area contributed by atoms with Gasteiger partial charge in [-0.1, -0.05) is 17.9 Å². The van der Waals surface area contributed by atoms with Crippen molar-refractivity contribution in [2.45, 2.75) is 57.2 Å². The van der Waals surface area contributed by atoms with Gasteiger partial charge in [0.05, 0.1) is 0 Å². The van der Waals surface area contributed by atoms with E-state index in [0.717, 1.165) is 34.6 Å². The summed E-state index contributed by atoms with van der Waals surface area (Å²) in [6.45, 7) is 1.98. The lowest BCUT2D eigenvalue weighted by Crippen LogP contribution is -2.48. The molecule has 4 aliphatic carbocycles. The van der Waals surface area contributed by atoms with Crippen molar-refractivity contribution in [2.75, 3.05) is 19.2 Å². The second-order valence-electron chi connectivity index (χ2n) is 12.0. The van der Waals surface area contributed by atoms with E-state index in [1.807, 2.05) is 19.1 Å². The molecule has 41 heavy (non-hydrogen) atoms. The van der Waals surface area contributed by atoms with E-state index >= 15 is 0 Å². The second kappa shape index (κ2) is 11.6. The van der Waals surface area contributed by atoms with Gasteiger partial charge in [0.25, 0.3) is 5.91 Å². The number of nitrogens with one attached hydrogen (secondary N) is 1. The van der Waals surface area contributed by atoms with Gasteiger partial charge in [0.15, 0.2) is 13.1 Å². The number of hydrogen-bond acceptors (Lipinski definition) is 5. The molecule has 0 aliphatic heterocycles. The van der Waals surface area contributed by atoms with Crippen molar-refractivity contribution in [2.24, 2.45) is 17.8 Å². The Morgan fingerprint density at radius 1 is 0.927 bits per heavy atom. The van der Waals surface area contributed by atoms with Crippen LogP contribution in [0.5, 0.6) is 11.5 Å². The molecule has 3 aromatic rings. The molecule has 0 aromatic heterocycles. The molecule has 212 valence electrons. The number of phenolic OH excluding ortho intramolecular Hbond substituents is 1. The van der Waals surface area contributed by atoms with Gasteiger partial charge in [-0.25, -0.2) is 0 Å². The molecule has 7 rings (SSSR count). The third-order valence-electron chi connectivity index (χ3n) is 9.06. The number of benzene rings is 3.